The van der Waals surface area contributed by atoms with Crippen LogP contribution in [0, 0.1) is 5.82 Å². The Balaban J connectivity index is 2.36. The number of rotatable bonds is 8. The molecule has 0 aliphatic rings. The van der Waals surface area contributed by atoms with Crippen molar-refractivity contribution in [2.24, 2.45) is 5.73 Å². The van der Waals surface area contributed by atoms with E-state index in [1.807, 2.05) is 6.92 Å². The summed E-state index contributed by atoms with van der Waals surface area (Å²) in [5, 5.41) is 3.11. The summed E-state index contributed by atoms with van der Waals surface area (Å²) in [5.74, 6) is -1.03. The molecule has 4 nitrogen and oxygen atoms in total. The van der Waals surface area contributed by atoms with Crippen LogP contribution in [0.2, 0.25) is 0 Å². The molecule has 0 unspecified atom stereocenters. The minimum Gasteiger partial charge on any atom is -0.382 e. The van der Waals surface area contributed by atoms with Crippen molar-refractivity contribution < 1.29 is 13.9 Å². The fourth-order valence-corrected chi connectivity index (χ4v) is 1.51. The lowest BCUT2D eigenvalue weighted by atomic mass is 10.1. The van der Waals surface area contributed by atoms with E-state index >= 15 is 0 Å². The van der Waals surface area contributed by atoms with E-state index in [1.54, 1.807) is 6.07 Å². The van der Waals surface area contributed by atoms with E-state index < -0.39 is 11.7 Å². The highest BCUT2D eigenvalue weighted by atomic mass is 19.1. The van der Waals surface area contributed by atoms with Crippen LogP contribution in [0.1, 0.15) is 29.3 Å². The van der Waals surface area contributed by atoms with E-state index in [-0.39, 0.29) is 5.56 Å². The van der Waals surface area contributed by atoms with Gasteiger partial charge < -0.3 is 15.8 Å². The zero-order valence-electron chi connectivity index (χ0n) is 10.5. The summed E-state index contributed by atoms with van der Waals surface area (Å²) in [6.45, 7) is 4.55. The van der Waals surface area contributed by atoms with Crippen molar-refractivity contribution in [1.29, 1.82) is 0 Å². The fraction of sp³-hybridized carbons (Fsp3) is 0.462. The largest absolute Gasteiger partial charge is 0.382 e. The van der Waals surface area contributed by atoms with Gasteiger partial charge in [-0.05, 0) is 32.0 Å². The molecule has 100 valence electrons. The quantitative estimate of drug-likeness (QED) is 0.690. The lowest BCUT2D eigenvalue weighted by molar-refractivity contribution is 0.1000. The van der Waals surface area contributed by atoms with E-state index in [9.17, 15) is 9.18 Å². The van der Waals surface area contributed by atoms with Crippen molar-refractivity contribution in [3.05, 3.63) is 35.1 Å². The number of primary amides is 1. The molecule has 1 aromatic carbocycles. The van der Waals surface area contributed by atoms with E-state index in [0.29, 0.717) is 25.3 Å². The Morgan fingerprint density at radius 3 is 2.89 bits per heavy atom. The molecular formula is C13H19FN2O2. The van der Waals surface area contributed by atoms with Crippen molar-refractivity contribution in [3.63, 3.8) is 0 Å². The molecular weight excluding hydrogens is 235 g/mol. The van der Waals surface area contributed by atoms with Gasteiger partial charge >= 0.3 is 0 Å². The molecule has 1 rings (SSSR count). The summed E-state index contributed by atoms with van der Waals surface area (Å²) in [5.41, 5.74) is 5.78. The number of nitrogens with two attached hydrogens (primary N) is 1. The highest BCUT2D eigenvalue weighted by molar-refractivity contribution is 5.92. The summed E-state index contributed by atoms with van der Waals surface area (Å²) in [6.07, 6.45) is 0.884. The van der Waals surface area contributed by atoms with Crippen LogP contribution < -0.4 is 11.1 Å². The average molecular weight is 254 g/mol. The minimum absolute atomic E-state index is 0.188. The second-order valence-electron chi connectivity index (χ2n) is 3.90. The lowest BCUT2D eigenvalue weighted by Gasteiger charge is -2.07. The third-order valence-electron chi connectivity index (χ3n) is 2.50. The first-order chi connectivity index (χ1) is 8.65. The van der Waals surface area contributed by atoms with Gasteiger partial charge in [0.25, 0.3) is 0 Å². The molecule has 0 fully saturated rings. The first kappa shape index (κ1) is 14.6. The zero-order chi connectivity index (χ0) is 13.4. The van der Waals surface area contributed by atoms with Gasteiger partial charge in [-0.2, -0.15) is 0 Å². The molecule has 0 aromatic heterocycles. The van der Waals surface area contributed by atoms with Crippen LogP contribution in [-0.2, 0) is 11.3 Å². The molecule has 0 atom stereocenters. The Bertz CT molecular complexity index is 397. The second kappa shape index (κ2) is 7.79. The van der Waals surface area contributed by atoms with Gasteiger partial charge in [0.05, 0.1) is 0 Å². The maximum atomic E-state index is 13.6. The van der Waals surface area contributed by atoms with E-state index in [0.717, 1.165) is 13.0 Å². The van der Waals surface area contributed by atoms with Gasteiger partial charge in [0, 0.05) is 30.9 Å². The molecule has 1 aromatic rings. The Morgan fingerprint density at radius 1 is 1.50 bits per heavy atom. The number of amides is 1. The maximum Gasteiger partial charge on any atom is 0.248 e. The van der Waals surface area contributed by atoms with Gasteiger partial charge in [-0.15, -0.1) is 0 Å². The van der Waals surface area contributed by atoms with Crippen LogP contribution in [-0.4, -0.2) is 25.7 Å². The number of hydrogen-bond acceptors (Lipinski definition) is 3. The van der Waals surface area contributed by atoms with E-state index in [1.165, 1.54) is 12.1 Å². The van der Waals surface area contributed by atoms with Gasteiger partial charge in [-0.25, -0.2) is 4.39 Å². The standard InChI is InChI=1S/C13H19FN2O2/c1-2-18-7-3-6-16-9-11-5-4-10(13(15)17)8-12(11)14/h4-5,8,16H,2-3,6-7,9H2,1H3,(H2,15,17). The first-order valence-corrected chi connectivity index (χ1v) is 6.01. The number of halogens is 1. The smallest absolute Gasteiger partial charge is 0.248 e. The molecule has 0 aliphatic heterocycles. The molecule has 0 radical (unpaired) electrons. The van der Waals surface area contributed by atoms with Crippen LogP contribution in [0.25, 0.3) is 0 Å². The summed E-state index contributed by atoms with van der Waals surface area (Å²) >= 11 is 0. The number of carbonyl (C=O) groups excluding carboxylic acids is 1. The molecule has 3 N–H and O–H groups in total. The van der Waals surface area contributed by atoms with Crippen molar-refractivity contribution in [1.82, 2.24) is 5.32 Å². The summed E-state index contributed by atoms with van der Waals surface area (Å²) in [4.78, 5) is 10.9. The highest BCUT2D eigenvalue weighted by Gasteiger charge is 2.06. The van der Waals surface area contributed by atoms with Crippen molar-refractivity contribution in [2.45, 2.75) is 19.9 Å². The number of hydrogen-bond donors (Lipinski definition) is 2. The zero-order valence-corrected chi connectivity index (χ0v) is 10.5. The third kappa shape index (κ3) is 4.81. The Kier molecular flexibility index (Phi) is 6.32. The Hall–Kier alpha value is -1.46. The molecule has 0 spiro atoms. The number of benzene rings is 1. The van der Waals surface area contributed by atoms with Crippen molar-refractivity contribution in [3.8, 4) is 0 Å². The van der Waals surface area contributed by atoms with Crippen LogP contribution >= 0.6 is 0 Å². The lowest BCUT2D eigenvalue weighted by Crippen LogP contribution is -2.18. The third-order valence-corrected chi connectivity index (χ3v) is 2.50. The SMILES string of the molecule is CCOCCCNCc1ccc(C(N)=O)cc1F. The molecule has 5 heteroatoms. The van der Waals surface area contributed by atoms with Crippen LogP contribution in [0.4, 0.5) is 4.39 Å². The summed E-state index contributed by atoms with van der Waals surface area (Å²) in [7, 11) is 0. The molecule has 0 aliphatic carbocycles. The minimum atomic E-state index is -0.620. The van der Waals surface area contributed by atoms with Gasteiger partial charge in [0.1, 0.15) is 5.82 Å². The van der Waals surface area contributed by atoms with Gasteiger partial charge in [0.15, 0.2) is 0 Å². The molecule has 18 heavy (non-hydrogen) atoms. The van der Waals surface area contributed by atoms with Crippen LogP contribution in [0.3, 0.4) is 0 Å². The highest BCUT2D eigenvalue weighted by Crippen LogP contribution is 2.09. The predicted molar refractivity (Wildman–Crippen MR) is 67.7 cm³/mol. The molecule has 0 saturated carbocycles. The van der Waals surface area contributed by atoms with Crippen LogP contribution in [0.5, 0.6) is 0 Å². The topological polar surface area (TPSA) is 64.3 Å². The van der Waals surface area contributed by atoms with Crippen molar-refractivity contribution in [2.75, 3.05) is 19.8 Å². The molecule has 1 amide bonds. The second-order valence-corrected chi connectivity index (χ2v) is 3.90. The Morgan fingerprint density at radius 2 is 2.28 bits per heavy atom. The van der Waals surface area contributed by atoms with Gasteiger partial charge in [-0.3, -0.25) is 4.79 Å². The average Bonchev–Trinajstić information content (AvgIpc) is 2.35. The normalized spacial score (nSPS) is 10.6. The fourth-order valence-electron chi connectivity index (χ4n) is 1.51. The number of ether oxygens (including phenoxy) is 1. The van der Waals surface area contributed by atoms with Gasteiger partial charge in [-0.1, -0.05) is 6.07 Å². The number of nitrogens with one attached hydrogen (secondary N) is 1. The molecule has 0 saturated heterocycles. The maximum absolute atomic E-state index is 13.6. The van der Waals surface area contributed by atoms with Crippen molar-refractivity contribution >= 4 is 5.91 Å². The van der Waals surface area contributed by atoms with E-state index in [2.05, 4.69) is 5.32 Å². The summed E-state index contributed by atoms with van der Waals surface area (Å²) < 4.78 is 18.8. The summed E-state index contributed by atoms with van der Waals surface area (Å²) in [6, 6.07) is 4.27. The van der Waals surface area contributed by atoms with E-state index in [4.69, 9.17) is 10.5 Å². The molecule has 0 bridgehead atoms. The first-order valence-electron chi connectivity index (χ1n) is 6.01. The Labute approximate surface area is 106 Å². The predicted octanol–water partition coefficient (Wildman–Crippen LogP) is 1.44. The van der Waals surface area contributed by atoms with Gasteiger partial charge in [0.2, 0.25) is 5.91 Å². The number of carbonyl (C=O) groups is 1. The van der Waals surface area contributed by atoms with Crippen LogP contribution in [0.15, 0.2) is 18.2 Å². The monoisotopic (exact) mass is 254 g/mol. The molecule has 0 heterocycles.